The normalized spacial score (nSPS) is 27.9. The number of benzene rings is 2. The summed E-state index contributed by atoms with van der Waals surface area (Å²) in [6, 6.07) is 14.1. The number of imide groups is 1. The van der Waals surface area contributed by atoms with Gasteiger partial charge < -0.3 is 10.1 Å². The van der Waals surface area contributed by atoms with Crippen LogP contribution in [0.1, 0.15) is 36.7 Å². The number of hydrogen-bond acceptors (Lipinski definition) is 4. The molecule has 2 aromatic carbocycles. The number of hydrogen-bond donors (Lipinski definition) is 1. The zero-order chi connectivity index (χ0) is 23.5. The quantitative estimate of drug-likeness (QED) is 0.550. The first-order valence-corrected chi connectivity index (χ1v) is 11.4. The van der Waals surface area contributed by atoms with Gasteiger partial charge in [-0.2, -0.15) is 0 Å². The molecular weight excluding hydrogens is 440 g/mol. The van der Waals surface area contributed by atoms with Crippen LogP contribution in [-0.2, 0) is 19.7 Å². The van der Waals surface area contributed by atoms with Crippen LogP contribution in [0.2, 0.25) is 5.02 Å². The summed E-state index contributed by atoms with van der Waals surface area (Å²) >= 11 is 5.96. The van der Waals surface area contributed by atoms with Gasteiger partial charge in [0, 0.05) is 10.6 Å². The van der Waals surface area contributed by atoms with Crippen molar-refractivity contribution in [3.05, 3.63) is 76.8 Å². The van der Waals surface area contributed by atoms with E-state index < -0.39 is 23.5 Å². The first-order chi connectivity index (χ1) is 15.6. The third-order valence-electron chi connectivity index (χ3n) is 6.78. The van der Waals surface area contributed by atoms with Crippen molar-refractivity contribution in [3.63, 3.8) is 0 Å². The summed E-state index contributed by atoms with van der Waals surface area (Å²) in [6.45, 7) is 6.45. The summed E-state index contributed by atoms with van der Waals surface area (Å²) < 4.78 is 6.11. The van der Waals surface area contributed by atoms with Crippen LogP contribution in [0.15, 0.2) is 60.7 Å². The Balaban J connectivity index is 1.35. The second-order valence-corrected chi connectivity index (χ2v) is 10.3. The van der Waals surface area contributed by atoms with E-state index in [9.17, 15) is 14.4 Å². The minimum Gasteiger partial charge on any atom is -0.360 e. The molecule has 2 bridgehead atoms. The highest BCUT2D eigenvalue weighted by Crippen LogP contribution is 2.52. The topological polar surface area (TPSA) is 75.7 Å². The Morgan fingerprint density at radius 1 is 1.06 bits per heavy atom. The number of carbonyl (C=O) groups is 3. The highest BCUT2D eigenvalue weighted by atomic mass is 35.5. The highest BCUT2D eigenvalue weighted by molar-refractivity contribution is 6.31. The SMILES string of the molecule is CC(C)(C)c1ccc(C(=O)NC[C@]23C=C[C@@H](O2)[C@H]2C(=O)N(c4ccc(Cl)cc4)C(=O)[C@@H]23)cc1. The van der Waals surface area contributed by atoms with Crippen molar-refractivity contribution in [1.82, 2.24) is 5.32 Å². The van der Waals surface area contributed by atoms with E-state index >= 15 is 0 Å². The van der Waals surface area contributed by atoms with Crippen LogP contribution in [0.3, 0.4) is 0 Å². The molecule has 0 aliphatic carbocycles. The highest BCUT2D eigenvalue weighted by Gasteiger charge is 2.67. The summed E-state index contributed by atoms with van der Waals surface area (Å²) in [6.07, 6.45) is 3.16. The van der Waals surface area contributed by atoms with Crippen LogP contribution in [0, 0.1) is 11.8 Å². The van der Waals surface area contributed by atoms with Gasteiger partial charge in [0.1, 0.15) is 5.60 Å². The minimum absolute atomic E-state index is 0.00431. The van der Waals surface area contributed by atoms with Crippen molar-refractivity contribution < 1.29 is 19.1 Å². The van der Waals surface area contributed by atoms with Gasteiger partial charge in [-0.15, -0.1) is 0 Å². The Kier molecular flexibility index (Phi) is 4.99. The molecule has 0 radical (unpaired) electrons. The Labute approximate surface area is 197 Å². The largest absolute Gasteiger partial charge is 0.360 e. The van der Waals surface area contributed by atoms with Crippen molar-refractivity contribution in [1.29, 1.82) is 0 Å². The third kappa shape index (κ3) is 3.49. The van der Waals surface area contributed by atoms with Gasteiger partial charge >= 0.3 is 0 Å². The van der Waals surface area contributed by atoms with E-state index in [1.807, 2.05) is 24.3 Å². The van der Waals surface area contributed by atoms with Crippen LogP contribution in [0.4, 0.5) is 5.69 Å². The summed E-state index contributed by atoms with van der Waals surface area (Å²) in [7, 11) is 0. The average molecular weight is 465 g/mol. The molecule has 6 nitrogen and oxygen atoms in total. The lowest BCUT2D eigenvalue weighted by Crippen LogP contribution is -2.48. The molecule has 170 valence electrons. The van der Waals surface area contributed by atoms with Crippen LogP contribution in [-0.4, -0.2) is 36.0 Å². The fourth-order valence-corrected chi connectivity index (χ4v) is 5.12. The van der Waals surface area contributed by atoms with Gasteiger partial charge in [0.2, 0.25) is 11.8 Å². The number of rotatable bonds is 4. The molecule has 2 fully saturated rings. The van der Waals surface area contributed by atoms with E-state index in [2.05, 4.69) is 26.1 Å². The van der Waals surface area contributed by atoms with Gasteiger partial charge in [0.15, 0.2) is 0 Å². The predicted molar refractivity (Wildman–Crippen MR) is 125 cm³/mol. The molecule has 3 aliphatic heterocycles. The lowest BCUT2D eigenvalue weighted by atomic mass is 9.77. The Morgan fingerprint density at radius 3 is 2.36 bits per heavy atom. The van der Waals surface area contributed by atoms with E-state index in [1.165, 1.54) is 4.90 Å². The predicted octanol–water partition coefficient (Wildman–Crippen LogP) is 3.88. The monoisotopic (exact) mass is 464 g/mol. The molecule has 3 amide bonds. The van der Waals surface area contributed by atoms with Gasteiger partial charge in [-0.05, 0) is 47.4 Å². The zero-order valence-corrected chi connectivity index (χ0v) is 19.4. The number of nitrogens with zero attached hydrogens (tertiary/aromatic N) is 1. The van der Waals surface area contributed by atoms with Crippen molar-refractivity contribution >= 4 is 35.0 Å². The third-order valence-corrected chi connectivity index (χ3v) is 7.03. The molecule has 1 N–H and O–H groups in total. The minimum atomic E-state index is -1.04. The molecule has 3 aliphatic rings. The van der Waals surface area contributed by atoms with Crippen LogP contribution in [0.5, 0.6) is 0 Å². The first kappa shape index (κ1) is 21.9. The lowest BCUT2D eigenvalue weighted by Gasteiger charge is -2.29. The van der Waals surface area contributed by atoms with Crippen molar-refractivity contribution in [3.8, 4) is 0 Å². The van der Waals surface area contributed by atoms with Crippen LogP contribution < -0.4 is 10.2 Å². The van der Waals surface area contributed by atoms with Crippen LogP contribution in [0.25, 0.3) is 0 Å². The molecule has 3 heterocycles. The smallest absolute Gasteiger partial charge is 0.251 e. The first-order valence-electron chi connectivity index (χ1n) is 11.0. The molecule has 0 spiro atoms. The number of nitrogens with one attached hydrogen (secondary N) is 1. The molecule has 0 unspecified atom stereocenters. The summed E-state index contributed by atoms with van der Waals surface area (Å²) in [5.41, 5.74) is 1.11. The van der Waals surface area contributed by atoms with Gasteiger partial charge in [0.25, 0.3) is 5.91 Å². The fourth-order valence-electron chi connectivity index (χ4n) is 4.99. The van der Waals surface area contributed by atoms with E-state index in [4.69, 9.17) is 16.3 Å². The zero-order valence-electron chi connectivity index (χ0n) is 18.7. The average Bonchev–Trinajstić information content (AvgIpc) is 3.43. The molecule has 0 aromatic heterocycles. The molecule has 0 saturated carbocycles. The molecule has 33 heavy (non-hydrogen) atoms. The Morgan fingerprint density at radius 2 is 1.73 bits per heavy atom. The molecule has 4 atom stereocenters. The molecule has 7 heteroatoms. The molecule has 2 aromatic rings. The van der Waals surface area contributed by atoms with E-state index in [1.54, 1.807) is 36.4 Å². The number of ether oxygens (including phenoxy) is 1. The molecule has 2 saturated heterocycles. The Bertz CT molecular complexity index is 1170. The van der Waals surface area contributed by atoms with Gasteiger partial charge in [-0.25, -0.2) is 4.90 Å². The van der Waals surface area contributed by atoms with Crippen molar-refractivity contribution in [2.75, 3.05) is 11.4 Å². The van der Waals surface area contributed by atoms with Gasteiger partial charge in [0.05, 0.1) is 30.2 Å². The van der Waals surface area contributed by atoms with E-state index in [-0.39, 0.29) is 29.7 Å². The molecular formula is C26H25ClN2O4. The van der Waals surface area contributed by atoms with E-state index in [0.29, 0.717) is 16.3 Å². The maximum atomic E-state index is 13.4. The van der Waals surface area contributed by atoms with Crippen LogP contribution >= 0.6 is 11.6 Å². The number of amides is 3. The fraction of sp³-hybridized carbons (Fsp3) is 0.346. The lowest BCUT2D eigenvalue weighted by molar-refractivity contribution is -0.126. The summed E-state index contributed by atoms with van der Waals surface area (Å²) in [5.74, 6) is -2.13. The van der Waals surface area contributed by atoms with Gasteiger partial charge in [-0.1, -0.05) is 56.7 Å². The maximum Gasteiger partial charge on any atom is 0.251 e. The maximum absolute atomic E-state index is 13.4. The number of halogens is 1. The summed E-state index contributed by atoms with van der Waals surface area (Å²) in [4.78, 5) is 40.6. The number of fused-ring (bicyclic) bond motifs is 5. The van der Waals surface area contributed by atoms with Gasteiger partial charge in [-0.3, -0.25) is 14.4 Å². The second kappa shape index (κ2) is 7.54. The van der Waals surface area contributed by atoms with Crippen molar-refractivity contribution in [2.24, 2.45) is 11.8 Å². The Hall–Kier alpha value is -2.96. The summed E-state index contributed by atoms with van der Waals surface area (Å²) in [5, 5.41) is 3.44. The number of anilines is 1. The standard InChI is InChI=1S/C26H25ClN2O4/c1-25(2,3)16-6-4-15(5-7-16)22(30)28-14-26-13-12-19(33-26)20-21(26)24(32)29(23(20)31)18-10-8-17(27)9-11-18/h4-13,19-21H,14H2,1-3H3,(H,28,30)/t19-,20-,21-,26+/m1/s1. The molecule has 5 rings (SSSR count). The second-order valence-electron chi connectivity index (χ2n) is 9.90. The number of carbonyl (C=O) groups excluding carboxylic acids is 3. The van der Waals surface area contributed by atoms with Crippen molar-refractivity contribution in [2.45, 2.75) is 37.9 Å². The van der Waals surface area contributed by atoms with E-state index in [0.717, 1.165) is 5.56 Å².